The molecular weight excluding hydrogens is 504 g/mol. The Labute approximate surface area is 223 Å². The van der Waals surface area contributed by atoms with Gasteiger partial charge in [-0.05, 0) is 53.8 Å². The summed E-state index contributed by atoms with van der Waals surface area (Å²) in [6, 6.07) is 16.0. The van der Waals surface area contributed by atoms with E-state index in [0.717, 1.165) is 60.6 Å². The third kappa shape index (κ3) is 4.24. The Bertz CT molecular complexity index is 1670. The molecule has 9 heteroatoms. The number of rotatable bonds is 6. The van der Waals surface area contributed by atoms with Crippen LogP contribution in [-0.2, 0) is 23.5 Å². The average Bonchev–Trinajstić information content (AvgIpc) is 3.49. The molecule has 0 radical (unpaired) electrons. The minimum Gasteiger partial charge on any atom is -0.497 e. The fraction of sp³-hybridized carbons (Fsp3) is 0.321. The van der Waals surface area contributed by atoms with Crippen molar-refractivity contribution in [3.05, 3.63) is 80.5 Å². The molecule has 1 atom stereocenters. The van der Waals surface area contributed by atoms with Crippen molar-refractivity contribution in [2.75, 3.05) is 7.11 Å². The first-order valence-corrected chi connectivity index (χ1v) is 14.1. The lowest BCUT2D eigenvalue weighted by Crippen LogP contribution is -2.28. The summed E-state index contributed by atoms with van der Waals surface area (Å²) in [6.45, 7) is 6.89. The molecule has 37 heavy (non-hydrogen) atoms. The maximum atomic E-state index is 14.1. The zero-order valence-electron chi connectivity index (χ0n) is 21.2. The summed E-state index contributed by atoms with van der Waals surface area (Å²) in [6.07, 6.45) is 0.829. The normalized spacial score (nSPS) is 15.5. The minimum absolute atomic E-state index is 0.0471. The monoisotopic (exact) mass is 532 g/mol. The highest BCUT2D eigenvalue weighted by atomic mass is 32.2. The van der Waals surface area contributed by atoms with Crippen molar-refractivity contribution in [2.45, 2.75) is 50.8 Å². The first kappa shape index (κ1) is 24.2. The first-order valence-electron chi connectivity index (χ1n) is 12.3. The number of nitrogens with zero attached hydrogens (tertiary/aromatic N) is 4. The highest BCUT2D eigenvalue weighted by Gasteiger charge is 2.30. The number of hydrogen-bond acceptors (Lipinski definition) is 7. The van der Waals surface area contributed by atoms with E-state index in [1.54, 1.807) is 34.8 Å². The Morgan fingerprint density at radius 3 is 2.73 bits per heavy atom. The first-order chi connectivity index (χ1) is 17.9. The molecule has 7 nitrogen and oxygen atoms in total. The predicted octanol–water partition coefficient (Wildman–Crippen LogP) is 5.80. The Kier molecular flexibility index (Phi) is 6.30. The van der Waals surface area contributed by atoms with Gasteiger partial charge in [0.2, 0.25) is 5.78 Å². The second-order valence-corrected chi connectivity index (χ2v) is 11.7. The fourth-order valence-corrected chi connectivity index (χ4v) is 7.02. The van der Waals surface area contributed by atoms with E-state index in [4.69, 9.17) is 9.47 Å². The summed E-state index contributed by atoms with van der Waals surface area (Å²) < 4.78 is 15.2. The van der Waals surface area contributed by atoms with E-state index in [1.165, 1.54) is 0 Å². The average molecular weight is 533 g/mol. The van der Waals surface area contributed by atoms with Gasteiger partial charge in [0.25, 0.3) is 5.56 Å². The van der Waals surface area contributed by atoms with Gasteiger partial charge < -0.3 is 9.47 Å². The van der Waals surface area contributed by atoms with Crippen molar-refractivity contribution < 1.29 is 9.47 Å². The van der Waals surface area contributed by atoms with E-state index in [-0.39, 0.29) is 11.7 Å². The summed E-state index contributed by atoms with van der Waals surface area (Å²) in [4.78, 5) is 16.2. The Balaban J connectivity index is 1.55. The number of ether oxygens (including phenoxy) is 2. The zero-order valence-corrected chi connectivity index (χ0v) is 22.9. The van der Waals surface area contributed by atoms with Crippen LogP contribution in [0.3, 0.4) is 0 Å². The van der Waals surface area contributed by atoms with Crippen LogP contribution < -0.4 is 10.3 Å². The highest BCUT2D eigenvalue weighted by Crippen LogP contribution is 2.38. The van der Waals surface area contributed by atoms with E-state index in [9.17, 15) is 4.79 Å². The van der Waals surface area contributed by atoms with Crippen molar-refractivity contribution in [3.63, 3.8) is 0 Å². The van der Waals surface area contributed by atoms with Gasteiger partial charge in [0.1, 0.15) is 10.6 Å². The number of aryl methyl sites for hydroxylation is 1. The lowest BCUT2D eigenvalue weighted by molar-refractivity contribution is 0.00200. The van der Waals surface area contributed by atoms with Crippen LogP contribution in [0.25, 0.3) is 21.7 Å². The molecule has 0 bridgehead atoms. The largest absolute Gasteiger partial charge is 0.497 e. The van der Waals surface area contributed by atoms with Crippen LogP contribution in [0.15, 0.2) is 58.5 Å². The molecule has 0 spiro atoms. The van der Waals surface area contributed by atoms with Crippen LogP contribution in [0, 0.1) is 12.8 Å². The van der Waals surface area contributed by atoms with Gasteiger partial charge >= 0.3 is 0 Å². The summed E-state index contributed by atoms with van der Waals surface area (Å²) in [5.41, 5.74) is 4.09. The number of methoxy groups -OCH3 is 1. The molecule has 0 fully saturated rings. The van der Waals surface area contributed by atoms with Crippen molar-refractivity contribution in [2.24, 2.45) is 5.92 Å². The van der Waals surface area contributed by atoms with Crippen molar-refractivity contribution in [1.82, 2.24) is 19.2 Å². The quantitative estimate of drug-likeness (QED) is 0.257. The van der Waals surface area contributed by atoms with Gasteiger partial charge in [0.15, 0.2) is 5.16 Å². The van der Waals surface area contributed by atoms with Gasteiger partial charge in [-0.15, -0.1) is 21.5 Å². The van der Waals surface area contributed by atoms with E-state index >= 15 is 0 Å². The number of aromatic nitrogens is 4. The summed E-state index contributed by atoms with van der Waals surface area (Å²) >= 11 is 3.24. The molecule has 0 saturated carbocycles. The molecule has 0 amide bonds. The number of hydrogen-bond donors (Lipinski definition) is 0. The fourth-order valence-electron chi connectivity index (χ4n) is 4.83. The summed E-state index contributed by atoms with van der Waals surface area (Å²) in [7, 11) is 1.67. The Hall–Kier alpha value is -3.14. The Morgan fingerprint density at radius 1 is 1.19 bits per heavy atom. The van der Waals surface area contributed by atoms with Gasteiger partial charge in [0, 0.05) is 17.1 Å². The number of thiophene rings is 1. The molecule has 1 aliphatic rings. The molecule has 0 aliphatic carbocycles. The van der Waals surface area contributed by atoms with Gasteiger partial charge in [-0.1, -0.05) is 49.9 Å². The van der Waals surface area contributed by atoms with Gasteiger partial charge in [-0.2, -0.15) is 0 Å². The van der Waals surface area contributed by atoms with Crippen LogP contribution in [0.5, 0.6) is 5.75 Å². The standard InChI is InChI=1S/C28H28N4O3S2/c1-16(2)22-13-21-23(14-35-22)37-26-24(21)25(33)31(19-7-5-6-17(3)12-19)27-29-30-28(32(26)27)36-15-18-8-10-20(34-4)11-9-18/h5-12,16,22H,13-15H2,1-4H3/t22-/m0/s1. The number of fused-ring (bicyclic) bond motifs is 5. The molecule has 2 aromatic carbocycles. The molecule has 6 rings (SSSR count). The molecule has 0 saturated heterocycles. The molecular formula is C28H28N4O3S2. The van der Waals surface area contributed by atoms with E-state index in [0.29, 0.717) is 18.3 Å². The second kappa shape index (κ2) is 9.63. The topological polar surface area (TPSA) is 70.7 Å². The SMILES string of the molecule is COc1ccc(CSc2nnc3n(-c4cccc(C)c4)c(=O)c4c5c(sc4n23)CO[C@H](C(C)C)C5)cc1. The predicted molar refractivity (Wildman–Crippen MR) is 148 cm³/mol. The van der Waals surface area contributed by atoms with Crippen molar-refractivity contribution >= 4 is 39.1 Å². The third-order valence-electron chi connectivity index (χ3n) is 6.87. The van der Waals surface area contributed by atoms with Crippen LogP contribution in [-0.4, -0.2) is 32.4 Å². The lowest BCUT2D eigenvalue weighted by Gasteiger charge is -2.26. The molecule has 1 aliphatic heterocycles. The maximum absolute atomic E-state index is 14.1. The van der Waals surface area contributed by atoms with Crippen LogP contribution in [0.1, 0.15) is 35.4 Å². The van der Waals surface area contributed by atoms with Crippen LogP contribution in [0.2, 0.25) is 0 Å². The maximum Gasteiger partial charge on any atom is 0.268 e. The van der Waals surface area contributed by atoms with E-state index in [1.807, 2.05) is 43.3 Å². The van der Waals surface area contributed by atoms with Crippen molar-refractivity contribution in [1.29, 1.82) is 0 Å². The smallest absolute Gasteiger partial charge is 0.268 e. The molecule has 190 valence electrons. The molecule has 0 unspecified atom stereocenters. The van der Waals surface area contributed by atoms with Gasteiger partial charge in [-0.3, -0.25) is 4.79 Å². The Morgan fingerprint density at radius 2 is 2.00 bits per heavy atom. The van der Waals surface area contributed by atoms with Gasteiger partial charge in [0.05, 0.1) is 30.9 Å². The third-order valence-corrected chi connectivity index (χ3v) is 9.06. The second-order valence-electron chi connectivity index (χ2n) is 9.72. The van der Waals surface area contributed by atoms with E-state index in [2.05, 4.69) is 40.6 Å². The minimum atomic E-state index is -0.0471. The molecule has 5 aromatic rings. The summed E-state index contributed by atoms with van der Waals surface area (Å²) in [5.74, 6) is 2.45. The molecule has 4 heterocycles. The molecule has 3 aromatic heterocycles. The van der Waals surface area contributed by atoms with Gasteiger partial charge in [-0.25, -0.2) is 8.97 Å². The van der Waals surface area contributed by atoms with Crippen molar-refractivity contribution in [3.8, 4) is 11.4 Å². The highest BCUT2D eigenvalue weighted by molar-refractivity contribution is 7.98. The number of thioether (sulfide) groups is 1. The lowest BCUT2D eigenvalue weighted by atomic mass is 9.96. The summed E-state index contributed by atoms with van der Waals surface area (Å²) in [5, 5.41) is 10.6. The zero-order chi connectivity index (χ0) is 25.7. The molecule has 0 N–H and O–H groups in total. The van der Waals surface area contributed by atoms with Crippen LogP contribution in [0.4, 0.5) is 0 Å². The van der Waals surface area contributed by atoms with E-state index < -0.39 is 0 Å². The number of benzene rings is 2. The van der Waals surface area contributed by atoms with Crippen LogP contribution >= 0.6 is 23.1 Å².